The van der Waals surface area contributed by atoms with Crippen molar-refractivity contribution in [1.29, 1.82) is 0 Å². The van der Waals surface area contributed by atoms with Gasteiger partial charge in [0.05, 0.1) is 6.10 Å². The van der Waals surface area contributed by atoms with Crippen LogP contribution in [0.15, 0.2) is 24.3 Å². The molecule has 0 aromatic heterocycles. The molecule has 2 nitrogen and oxygen atoms in total. The molecule has 90 valence electrons. The molecule has 16 heavy (non-hydrogen) atoms. The molecule has 1 N–H and O–H groups in total. The normalized spacial score (nSPS) is 14.6. The summed E-state index contributed by atoms with van der Waals surface area (Å²) in [6.07, 6.45) is 0.763. The molecule has 2 atom stereocenters. The Hall–Kier alpha value is -1.02. The predicted molar refractivity (Wildman–Crippen MR) is 69.8 cm³/mol. The van der Waals surface area contributed by atoms with Crippen LogP contribution in [0.5, 0.6) is 0 Å². The summed E-state index contributed by atoms with van der Waals surface area (Å²) in [4.78, 5) is 2.38. The fourth-order valence-electron chi connectivity index (χ4n) is 1.91. The van der Waals surface area contributed by atoms with Gasteiger partial charge in [-0.15, -0.1) is 0 Å². The second-order valence-electron chi connectivity index (χ2n) is 4.31. The van der Waals surface area contributed by atoms with E-state index in [1.807, 2.05) is 12.1 Å². The first-order valence-corrected chi connectivity index (χ1v) is 6.14. The van der Waals surface area contributed by atoms with Crippen LogP contribution in [0.3, 0.4) is 0 Å². The van der Waals surface area contributed by atoms with Crippen LogP contribution in [0.2, 0.25) is 0 Å². The van der Waals surface area contributed by atoms with Crippen molar-refractivity contribution in [2.75, 3.05) is 11.4 Å². The molecule has 1 aromatic rings. The second-order valence-corrected chi connectivity index (χ2v) is 4.31. The van der Waals surface area contributed by atoms with Gasteiger partial charge >= 0.3 is 0 Å². The van der Waals surface area contributed by atoms with E-state index in [9.17, 15) is 5.11 Å². The lowest BCUT2D eigenvalue weighted by atomic mass is 10.1. The topological polar surface area (TPSA) is 23.5 Å². The third kappa shape index (κ3) is 2.99. The minimum Gasteiger partial charge on any atom is -0.389 e. The number of hydrogen-bond donors (Lipinski definition) is 1. The summed E-state index contributed by atoms with van der Waals surface area (Å²) in [6, 6.07) is 8.76. The zero-order valence-corrected chi connectivity index (χ0v) is 10.8. The molecule has 0 aliphatic rings. The van der Waals surface area contributed by atoms with Crippen LogP contribution in [0.1, 0.15) is 45.8 Å². The van der Waals surface area contributed by atoms with E-state index in [0.717, 1.165) is 18.5 Å². The summed E-state index contributed by atoms with van der Waals surface area (Å²) in [5.74, 6) is 0. The van der Waals surface area contributed by atoms with E-state index in [-0.39, 0.29) is 6.10 Å². The molecule has 1 rings (SSSR count). The van der Waals surface area contributed by atoms with E-state index in [4.69, 9.17) is 0 Å². The molecule has 0 radical (unpaired) electrons. The van der Waals surface area contributed by atoms with E-state index in [0.29, 0.717) is 6.04 Å². The predicted octanol–water partition coefficient (Wildman–Crippen LogP) is 3.36. The number of benzene rings is 1. The Morgan fingerprint density at radius 3 is 2.06 bits per heavy atom. The lowest BCUT2D eigenvalue weighted by Crippen LogP contribution is -2.32. The average molecular weight is 221 g/mol. The molecular weight excluding hydrogens is 198 g/mol. The monoisotopic (exact) mass is 221 g/mol. The van der Waals surface area contributed by atoms with Crippen molar-refractivity contribution in [1.82, 2.24) is 0 Å². The highest BCUT2D eigenvalue weighted by molar-refractivity contribution is 5.48. The minimum absolute atomic E-state index is 0.382. The Labute approximate surface area is 98.9 Å². The SMILES string of the molecule is CCC(C)N(CC)c1ccc([C@@H](C)O)cc1. The Kier molecular flexibility index (Phi) is 4.81. The van der Waals surface area contributed by atoms with Crippen LogP contribution < -0.4 is 4.90 Å². The van der Waals surface area contributed by atoms with Gasteiger partial charge in [-0.05, 0) is 44.9 Å². The van der Waals surface area contributed by atoms with Gasteiger partial charge in [0.15, 0.2) is 0 Å². The molecule has 2 heteroatoms. The molecule has 0 amide bonds. The van der Waals surface area contributed by atoms with Crippen molar-refractivity contribution < 1.29 is 5.11 Å². The lowest BCUT2D eigenvalue weighted by Gasteiger charge is -2.29. The van der Waals surface area contributed by atoms with Crippen LogP contribution in [0.25, 0.3) is 0 Å². The first kappa shape index (κ1) is 13.0. The van der Waals surface area contributed by atoms with Gasteiger partial charge in [-0.2, -0.15) is 0 Å². The summed E-state index contributed by atoms with van der Waals surface area (Å²) in [5, 5.41) is 9.45. The van der Waals surface area contributed by atoms with Crippen LogP contribution in [0.4, 0.5) is 5.69 Å². The maximum Gasteiger partial charge on any atom is 0.0761 e. The molecule has 0 bridgehead atoms. The molecule has 0 fully saturated rings. The van der Waals surface area contributed by atoms with Crippen LogP contribution >= 0.6 is 0 Å². The number of nitrogens with zero attached hydrogens (tertiary/aromatic N) is 1. The summed E-state index contributed by atoms with van der Waals surface area (Å²) in [5.41, 5.74) is 2.21. The van der Waals surface area contributed by atoms with Crippen molar-refractivity contribution in [2.24, 2.45) is 0 Å². The average Bonchev–Trinajstić information content (AvgIpc) is 2.30. The molecule has 0 aliphatic carbocycles. The van der Waals surface area contributed by atoms with Gasteiger partial charge in [-0.3, -0.25) is 0 Å². The van der Waals surface area contributed by atoms with Gasteiger partial charge in [-0.1, -0.05) is 19.1 Å². The summed E-state index contributed by atoms with van der Waals surface area (Å²) in [7, 11) is 0. The van der Waals surface area contributed by atoms with Gasteiger partial charge in [0.2, 0.25) is 0 Å². The number of anilines is 1. The van der Waals surface area contributed by atoms with Crippen molar-refractivity contribution in [3.63, 3.8) is 0 Å². The fraction of sp³-hybridized carbons (Fsp3) is 0.571. The first-order chi connectivity index (χ1) is 7.60. The number of rotatable bonds is 5. The van der Waals surface area contributed by atoms with Crippen molar-refractivity contribution in [2.45, 2.75) is 46.3 Å². The highest BCUT2D eigenvalue weighted by Crippen LogP contribution is 2.21. The molecule has 0 saturated carbocycles. The maximum atomic E-state index is 9.45. The van der Waals surface area contributed by atoms with Gasteiger partial charge in [0.25, 0.3) is 0 Å². The van der Waals surface area contributed by atoms with Crippen molar-refractivity contribution in [3.05, 3.63) is 29.8 Å². The zero-order chi connectivity index (χ0) is 12.1. The highest BCUT2D eigenvalue weighted by Gasteiger charge is 2.11. The Balaban J connectivity index is 2.86. The second kappa shape index (κ2) is 5.90. The van der Waals surface area contributed by atoms with Gasteiger partial charge in [0.1, 0.15) is 0 Å². The highest BCUT2D eigenvalue weighted by atomic mass is 16.3. The van der Waals surface area contributed by atoms with E-state index >= 15 is 0 Å². The van der Waals surface area contributed by atoms with E-state index in [1.165, 1.54) is 5.69 Å². The maximum absolute atomic E-state index is 9.45. The summed E-state index contributed by atoms with van der Waals surface area (Å²) in [6.45, 7) is 9.43. The molecular formula is C14H23NO. The number of aliphatic hydroxyl groups excluding tert-OH is 1. The molecule has 0 heterocycles. The Bertz CT molecular complexity index is 305. The largest absolute Gasteiger partial charge is 0.389 e. The third-order valence-corrected chi connectivity index (χ3v) is 3.17. The van der Waals surface area contributed by atoms with Crippen LogP contribution in [-0.4, -0.2) is 17.7 Å². The van der Waals surface area contributed by atoms with Crippen molar-refractivity contribution >= 4 is 5.69 Å². The van der Waals surface area contributed by atoms with E-state index in [1.54, 1.807) is 6.92 Å². The van der Waals surface area contributed by atoms with E-state index < -0.39 is 0 Å². The summed E-state index contributed by atoms with van der Waals surface area (Å²) < 4.78 is 0. The minimum atomic E-state index is -0.382. The van der Waals surface area contributed by atoms with Crippen molar-refractivity contribution in [3.8, 4) is 0 Å². The third-order valence-electron chi connectivity index (χ3n) is 3.17. The number of hydrogen-bond acceptors (Lipinski definition) is 2. The summed E-state index contributed by atoms with van der Waals surface area (Å²) >= 11 is 0. The zero-order valence-electron chi connectivity index (χ0n) is 10.8. The van der Waals surface area contributed by atoms with E-state index in [2.05, 4.69) is 37.8 Å². The molecule has 0 spiro atoms. The number of aliphatic hydroxyl groups is 1. The van der Waals surface area contributed by atoms with Crippen LogP contribution in [0, 0.1) is 0 Å². The standard InChI is InChI=1S/C14H23NO/c1-5-11(3)15(6-2)14-9-7-13(8-10-14)12(4)16/h7-12,16H,5-6H2,1-4H3/t11?,12-/m1/s1. The quantitative estimate of drug-likeness (QED) is 0.824. The van der Waals surface area contributed by atoms with Crippen LogP contribution in [-0.2, 0) is 0 Å². The smallest absolute Gasteiger partial charge is 0.0761 e. The molecule has 0 aliphatic heterocycles. The van der Waals surface area contributed by atoms with Gasteiger partial charge < -0.3 is 10.0 Å². The first-order valence-electron chi connectivity index (χ1n) is 6.14. The molecule has 1 unspecified atom stereocenters. The molecule has 0 saturated heterocycles. The van der Waals surface area contributed by atoms with Gasteiger partial charge in [0, 0.05) is 18.3 Å². The Morgan fingerprint density at radius 1 is 1.12 bits per heavy atom. The Morgan fingerprint density at radius 2 is 1.69 bits per heavy atom. The lowest BCUT2D eigenvalue weighted by molar-refractivity contribution is 0.199. The fourth-order valence-corrected chi connectivity index (χ4v) is 1.91. The van der Waals surface area contributed by atoms with Gasteiger partial charge in [-0.25, -0.2) is 0 Å². The molecule has 1 aromatic carbocycles.